The molecule has 0 saturated carbocycles. The lowest BCUT2D eigenvalue weighted by Crippen LogP contribution is -2.17. The highest BCUT2D eigenvalue weighted by Crippen LogP contribution is 2.26. The predicted molar refractivity (Wildman–Crippen MR) is 199 cm³/mol. The number of halogens is 6. The first-order valence-corrected chi connectivity index (χ1v) is 16.7. The van der Waals surface area contributed by atoms with Crippen molar-refractivity contribution in [2.45, 2.75) is 13.0 Å². The summed E-state index contributed by atoms with van der Waals surface area (Å²) < 4.78 is 79.0. The Morgan fingerprint density at radius 2 is 1.22 bits per heavy atom. The second-order valence-electron chi connectivity index (χ2n) is 11.3. The van der Waals surface area contributed by atoms with Gasteiger partial charge < -0.3 is 29.4 Å². The smallest absolute Gasteiger partial charge is 0.435 e. The third kappa shape index (κ3) is 11.0. The van der Waals surface area contributed by atoms with Crippen LogP contribution in [0.3, 0.4) is 0 Å². The van der Waals surface area contributed by atoms with Gasteiger partial charge in [0.1, 0.15) is 23.1 Å². The summed E-state index contributed by atoms with van der Waals surface area (Å²) >= 11 is 5.13. The van der Waals surface area contributed by atoms with Crippen LogP contribution in [0.5, 0.6) is 11.5 Å². The molecule has 0 fully saturated rings. The van der Waals surface area contributed by atoms with Gasteiger partial charge in [-0.25, -0.2) is 19.9 Å². The Labute approximate surface area is 327 Å². The maximum Gasteiger partial charge on any atom is 0.573 e. The summed E-state index contributed by atoms with van der Waals surface area (Å²) in [6.45, 7) is -2.86. The first-order chi connectivity index (χ1) is 27.8. The molecule has 6 aromatic heterocycles. The van der Waals surface area contributed by atoms with Crippen molar-refractivity contribution < 1.29 is 49.8 Å². The van der Waals surface area contributed by atoms with E-state index in [-0.39, 0.29) is 22.7 Å². The molecule has 0 saturated heterocycles. The minimum Gasteiger partial charge on any atom is -0.435 e. The number of carbonyl (C=O) groups excluding carboxylic acids is 2. The molecule has 0 atom stereocenters. The van der Waals surface area contributed by atoms with Crippen LogP contribution in [0, 0.1) is 0 Å². The van der Waals surface area contributed by atoms with Crippen LogP contribution >= 0.6 is 11.6 Å². The van der Waals surface area contributed by atoms with Crippen LogP contribution in [0.25, 0.3) is 45.4 Å². The Balaban J connectivity index is 0.000000164. The average Bonchev–Trinajstić information content (AvgIpc) is 3.84. The molecule has 20 heteroatoms. The molecular formula is C38H24ClF5N8O6. The van der Waals surface area contributed by atoms with Gasteiger partial charge in [0.2, 0.25) is 11.8 Å². The van der Waals surface area contributed by atoms with E-state index in [2.05, 4.69) is 44.7 Å². The molecular weight excluding hydrogens is 795 g/mol. The van der Waals surface area contributed by atoms with Gasteiger partial charge in [0.25, 0.3) is 11.1 Å². The van der Waals surface area contributed by atoms with E-state index in [1.807, 2.05) is 6.07 Å². The average molecular weight is 819 g/mol. The summed E-state index contributed by atoms with van der Waals surface area (Å²) in [5.41, 5.74) is 9.56. The minimum absolute atomic E-state index is 0.00309. The number of nitrogens with one attached hydrogen (secondary N) is 1. The fourth-order valence-corrected chi connectivity index (χ4v) is 4.89. The Morgan fingerprint density at radius 3 is 1.74 bits per heavy atom. The number of carbonyl (C=O) groups is 2. The molecule has 1 amide bonds. The van der Waals surface area contributed by atoms with E-state index in [4.69, 9.17) is 26.2 Å². The maximum absolute atomic E-state index is 12.3. The normalized spacial score (nSPS) is 10.9. The van der Waals surface area contributed by atoms with Crippen molar-refractivity contribution in [2.24, 2.45) is 0 Å². The van der Waals surface area contributed by atoms with Crippen molar-refractivity contribution >= 4 is 56.8 Å². The standard InChI is InChI=1S/C19H11F3N4O3.C11H8N4O.C8H5ClF2O2/c20-19(21,22)29-13-5-3-11(4-6-13)17(27)25-15-10-12(7-9-23-15)18-26-16-14(28-18)2-1-8-24-16;12-9-6-7(3-5-13-9)11-15-10-8(16-11)2-1-4-14-10;9-7(12)5-1-3-6(4-2-5)13-8(10)11/h1-10H,(H,23,25,27);1-6H,(H2,12,13);1-4,8H. The number of benzene rings is 2. The SMILES string of the molecule is Nc1cc(-c2nc3ncccc3o2)ccn1.O=C(Cl)c1ccc(OC(F)F)cc1.O=C(Nc1cc(-c2nc3ncccc3o2)ccn1)c1ccc(OC(F)(F)F)cc1. The number of rotatable bonds is 8. The molecule has 2 aromatic carbocycles. The number of nitrogen functional groups attached to an aromatic ring is 1. The van der Waals surface area contributed by atoms with Crippen molar-refractivity contribution in [1.29, 1.82) is 0 Å². The number of ether oxygens (including phenoxy) is 2. The number of alkyl halides is 5. The largest absolute Gasteiger partial charge is 0.573 e. The van der Waals surface area contributed by atoms with E-state index >= 15 is 0 Å². The van der Waals surface area contributed by atoms with Crippen molar-refractivity contribution in [1.82, 2.24) is 29.9 Å². The summed E-state index contributed by atoms with van der Waals surface area (Å²) in [6.07, 6.45) is 1.56. The number of anilines is 2. The number of nitrogens with zero attached hydrogens (tertiary/aromatic N) is 6. The van der Waals surface area contributed by atoms with Crippen LogP contribution in [0.2, 0.25) is 0 Å². The molecule has 0 aliphatic heterocycles. The van der Waals surface area contributed by atoms with Crippen molar-refractivity contribution in [3.05, 3.63) is 133 Å². The highest BCUT2D eigenvalue weighted by atomic mass is 35.5. The third-order valence-corrected chi connectivity index (χ3v) is 7.48. The van der Waals surface area contributed by atoms with Crippen LogP contribution in [0.15, 0.2) is 131 Å². The topological polar surface area (TPSA) is 194 Å². The van der Waals surface area contributed by atoms with Gasteiger partial charge >= 0.3 is 13.0 Å². The zero-order chi connectivity index (χ0) is 41.2. The fraction of sp³-hybridized carbons (Fsp3) is 0.0526. The minimum atomic E-state index is -4.80. The van der Waals surface area contributed by atoms with Crippen molar-refractivity contribution in [2.75, 3.05) is 11.1 Å². The van der Waals surface area contributed by atoms with E-state index in [0.29, 0.717) is 45.6 Å². The van der Waals surface area contributed by atoms with Gasteiger partial charge in [0.15, 0.2) is 22.5 Å². The number of oxazole rings is 2. The summed E-state index contributed by atoms with van der Waals surface area (Å²) in [4.78, 5) is 47.6. The Hall–Kier alpha value is -7.54. The third-order valence-electron chi connectivity index (χ3n) is 7.26. The number of amides is 1. The fourth-order valence-electron chi connectivity index (χ4n) is 4.76. The number of pyridine rings is 4. The van der Waals surface area contributed by atoms with Crippen LogP contribution < -0.4 is 20.5 Å². The lowest BCUT2D eigenvalue weighted by atomic mass is 10.2. The monoisotopic (exact) mass is 818 g/mol. The van der Waals surface area contributed by atoms with Gasteiger partial charge in [-0.1, -0.05) is 0 Å². The van der Waals surface area contributed by atoms with Gasteiger partial charge in [-0.15, -0.1) is 13.2 Å². The van der Waals surface area contributed by atoms with Crippen LogP contribution in [-0.2, 0) is 0 Å². The van der Waals surface area contributed by atoms with E-state index in [0.717, 1.165) is 17.7 Å². The number of nitrogens with two attached hydrogens (primary N) is 1. The number of aromatic nitrogens is 6. The quantitative estimate of drug-likeness (QED) is 0.109. The zero-order valence-corrected chi connectivity index (χ0v) is 29.9. The molecule has 58 heavy (non-hydrogen) atoms. The van der Waals surface area contributed by atoms with Gasteiger partial charge in [0, 0.05) is 47.0 Å². The molecule has 0 aliphatic rings. The summed E-state index contributed by atoms with van der Waals surface area (Å²) in [5, 5.41) is 1.94. The molecule has 0 spiro atoms. The number of hydrogen-bond donors (Lipinski definition) is 2. The summed E-state index contributed by atoms with van der Waals surface area (Å²) in [6, 6.07) is 23.5. The molecule has 14 nitrogen and oxygen atoms in total. The van der Waals surface area contributed by atoms with Crippen LogP contribution in [0.4, 0.5) is 33.6 Å². The molecule has 0 bridgehead atoms. The van der Waals surface area contributed by atoms with Gasteiger partial charge in [-0.2, -0.15) is 18.7 Å². The first kappa shape index (κ1) is 40.1. The summed E-state index contributed by atoms with van der Waals surface area (Å²) in [5.74, 6) is 0.502. The highest BCUT2D eigenvalue weighted by molar-refractivity contribution is 6.67. The highest BCUT2D eigenvalue weighted by Gasteiger charge is 2.31. The molecule has 0 radical (unpaired) electrons. The Morgan fingerprint density at radius 1 is 0.690 bits per heavy atom. The van der Waals surface area contributed by atoms with E-state index in [9.17, 15) is 31.5 Å². The molecule has 8 aromatic rings. The maximum atomic E-state index is 12.3. The number of hydrogen-bond acceptors (Lipinski definition) is 13. The number of fused-ring (bicyclic) bond motifs is 2. The zero-order valence-electron chi connectivity index (χ0n) is 29.1. The first-order valence-electron chi connectivity index (χ1n) is 16.3. The van der Waals surface area contributed by atoms with Gasteiger partial charge in [-0.3, -0.25) is 9.59 Å². The van der Waals surface area contributed by atoms with Crippen molar-refractivity contribution in [3.8, 4) is 34.4 Å². The lowest BCUT2D eigenvalue weighted by molar-refractivity contribution is -0.274. The van der Waals surface area contributed by atoms with E-state index in [1.165, 1.54) is 42.6 Å². The van der Waals surface area contributed by atoms with Gasteiger partial charge in [-0.05, 0) is 109 Å². The molecule has 3 N–H and O–H groups in total. The Kier molecular flexibility index (Phi) is 12.4. The summed E-state index contributed by atoms with van der Waals surface area (Å²) in [7, 11) is 0. The van der Waals surface area contributed by atoms with E-state index < -0.39 is 29.9 Å². The lowest BCUT2D eigenvalue weighted by Gasteiger charge is -2.09. The molecule has 294 valence electrons. The van der Waals surface area contributed by atoms with E-state index in [1.54, 1.807) is 61.1 Å². The molecule has 0 unspecified atom stereocenters. The second kappa shape index (κ2) is 17.9. The molecule has 6 heterocycles. The van der Waals surface area contributed by atoms with Crippen LogP contribution in [0.1, 0.15) is 20.7 Å². The Bertz CT molecular complexity index is 2590. The predicted octanol–water partition coefficient (Wildman–Crippen LogP) is 8.97. The second-order valence-corrected chi connectivity index (χ2v) is 11.6. The molecule has 0 aliphatic carbocycles. The van der Waals surface area contributed by atoms with Crippen LogP contribution in [-0.4, -0.2) is 54.0 Å². The van der Waals surface area contributed by atoms with Gasteiger partial charge in [0.05, 0.1) is 0 Å². The van der Waals surface area contributed by atoms with Crippen molar-refractivity contribution in [3.63, 3.8) is 0 Å². The molecule has 8 rings (SSSR count).